The van der Waals surface area contributed by atoms with Gasteiger partial charge in [0.05, 0.1) is 11.6 Å². The van der Waals surface area contributed by atoms with Crippen molar-refractivity contribution in [1.82, 2.24) is 9.55 Å². The van der Waals surface area contributed by atoms with Gasteiger partial charge < -0.3 is 9.30 Å². The fraction of sp³-hybridized carbons (Fsp3) is 0.267. The first-order chi connectivity index (χ1) is 9.58. The summed E-state index contributed by atoms with van der Waals surface area (Å²) in [6.07, 6.45) is 4.35. The van der Waals surface area contributed by atoms with E-state index in [4.69, 9.17) is 4.74 Å². The molecule has 0 aromatic carbocycles. The molecule has 2 rings (SSSR count). The lowest BCUT2D eigenvalue weighted by Gasteiger charge is -2.10. The van der Waals surface area contributed by atoms with Crippen LogP contribution in [-0.4, -0.2) is 15.5 Å². The van der Waals surface area contributed by atoms with Crippen molar-refractivity contribution in [2.24, 2.45) is 0 Å². The molecule has 0 N–H and O–H groups in total. The Balaban J connectivity index is 2.69. The van der Waals surface area contributed by atoms with Gasteiger partial charge in [-0.15, -0.1) is 0 Å². The summed E-state index contributed by atoms with van der Waals surface area (Å²) in [5, 5.41) is 0.423. The van der Waals surface area contributed by atoms with Gasteiger partial charge in [-0.05, 0) is 32.9 Å². The molecule has 0 spiro atoms. The van der Waals surface area contributed by atoms with Gasteiger partial charge in [-0.1, -0.05) is 6.08 Å². The predicted octanol–water partition coefficient (Wildman–Crippen LogP) is 2.42. The van der Waals surface area contributed by atoms with Crippen molar-refractivity contribution in [2.45, 2.75) is 27.3 Å². The summed E-state index contributed by atoms with van der Waals surface area (Å²) in [7, 11) is 0. The van der Waals surface area contributed by atoms with Crippen LogP contribution < -0.4 is 5.43 Å². The van der Waals surface area contributed by atoms with E-state index >= 15 is 0 Å². The first-order valence-electron chi connectivity index (χ1n) is 6.41. The predicted molar refractivity (Wildman–Crippen MR) is 76.6 cm³/mol. The Morgan fingerprint density at radius 2 is 2.20 bits per heavy atom. The molecular weight excluding hydrogens is 256 g/mol. The molecule has 0 aliphatic carbocycles. The minimum atomic E-state index is -0.655. The monoisotopic (exact) mass is 272 g/mol. The molecular formula is C15H16N2O3. The van der Waals surface area contributed by atoms with Crippen LogP contribution in [0.1, 0.15) is 29.9 Å². The standard InChI is InChI=1S/C15H16N2O3/c1-4-8-20-15(19)12-9-17(5-2)14-11(13(12)18)7-6-10(3)16-14/h4,6-9H,5H2,1-3H3/b8-4+. The van der Waals surface area contributed by atoms with E-state index in [0.29, 0.717) is 17.6 Å². The second-order valence-electron chi connectivity index (χ2n) is 4.36. The Hall–Kier alpha value is -2.43. The summed E-state index contributed by atoms with van der Waals surface area (Å²) in [5.41, 5.74) is 1.07. The Bertz CT molecular complexity index is 745. The third-order valence-electron chi connectivity index (χ3n) is 2.93. The highest BCUT2D eigenvalue weighted by molar-refractivity contribution is 5.93. The van der Waals surface area contributed by atoms with Gasteiger partial charge in [0.15, 0.2) is 0 Å². The normalized spacial score (nSPS) is 11.2. The van der Waals surface area contributed by atoms with Crippen LogP contribution in [-0.2, 0) is 11.3 Å². The van der Waals surface area contributed by atoms with Crippen LogP contribution in [0.5, 0.6) is 0 Å². The van der Waals surface area contributed by atoms with Gasteiger partial charge in [-0.3, -0.25) is 4.79 Å². The number of nitrogens with zero attached hydrogens (tertiary/aromatic N) is 2. The van der Waals surface area contributed by atoms with E-state index in [-0.39, 0.29) is 11.0 Å². The minimum absolute atomic E-state index is 0.0168. The largest absolute Gasteiger partial charge is 0.431 e. The molecule has 20 heavy (non-hydrogen) atoms. The topological polar surface area (TPSA) is 61.2 Å². The quantitative estimate of drug-likeness (QED) is 0.636. The van der Waals surface area contributed by atoms with E-state index < -0.39 is 5.97 Å². The van der Waals surface area contributed by atoms with Crippen LogP contribution >= 0.6 is 0 Å². The lowest BCUT2D eigenvalue weighted by atomic mass is 10.2. The molecule has 0 saturated carbocycles. The van der Waals surface area contributed by atoms with E-state index in [1.807, 2.05) is 13.8 Å². The van der Waals surface area contributed by atoms with Crippen LogP contribution in [0.15, 0.2) is 35.5 Å². The van der Waals surface area contributed by atoms with Crippen LogP contribution in [0.4, 0.5) is 0 Å². The zero-order chi connectivity index (χ0) is 14.7. The van der Waals surface area contributed by atoms with E-state index in [9.17, 15) is 9.59 Å². The van der Waals surface area contributed by atoms with Crippen molar-refractivity contribution >= 4 is 17.0 Å². The van der Waals surface area contributed by atoms with Crippen molar-refractivity contribution in [3.05, 3.63) is 52.1 Å². The smallest absolute Gasteiger partial charge is 0.348 e. The van der Waals surface area contributed by atoms with Gasteiger partial charge in [0.2, 0.25) is 5.43 Å². The number of allylic oxidation sites excluding steroid dienone is 1. The lowest BCUT2D eigenvalue weighted by Crippen LogP contribution is -2.20. The Morgan fingerprint density at radius 1 is 1.45 bits per heavy atom. The summed E-state index contributed by atoms with van der Waals surface area (Å²) < 4.78 is 6.65. The SMILES string of the molecule is C/C=C/OC(=O)c1cn(CC)c2nc(C)ccc2c1=O. The molecule has 2 aromatic heterocycles. The van der Waals surface area contributed by atoms with Crippen molar-refractivity contribution in [1.29, 1.82) is 0 Å². The molecule has 5 nitrogen and oxygen atoms in total. The zero-order valence-electron chi connectivity index (χ0n) is 11.7. The highest BCUT2D eigenvalue weighted by Gasteiger charge is 2.16. The first kappa shape index (κ1) is 14.0. The fourth-order valence-electron chi connectivity index (χ4n) is 1.94. The van der Waals surface area contributed by atoms with Crippen LogP contribution in [0.3, 0.4) is 0 Å². The summed E-state index contributed by atoms with van der Waals surface area (Å²) in [4.78, 5) is 28.6. The number of esters is 1. The molecule has 0 unspecified atom stereocenters. The molecule has 2 heterocycles. The van der Waals surface area contributed by atoms with E-state index in [0.717, 1.165) is 5.69 Å². The van der Waals surface area contributed by atoms with Crippen molar-refractivity contribution in [2.75, 3.05) is 0 Å². The van der Waals surface area contributed by atoms with Gasteiger partial charge in [-0.25, -0.2) is 9.78 Å². The van der Waals surface area contributed by atoms with Crippen LogP contribution in [0.2, 0.25) is 0 Å². The average molecular weight is 272 g/mol. The molecule has 0 aliphatic rings. The minimum Gasteiger partial charge on any atom is -0.431 e. The molecule has 0 saturated heterocycles. The second kappa shape index (κ2) is 5.69. The zero-order valence-corrected chi connectivity index (χ0v) is 11.7. The third kappa shape index (κ3) is 2.47. The van der Waals surface area contributed by atoms with E-state index in [1.165, 1.54) is 12.5 Å². The number of aromatic nitrogens is 2. The number of fused-ring (bicyclic) bond motifs is 1. The summed E-state index contributed by atoms with van der Waals surface area (Å²) in [6.45, 7) is 6.12. The molecule has 0 fully saturated rings. The van der Waals surface area contributed by atoms with Crippen LogP contribution in [0.25, 0.3) is 11.0 Å². The van der Waals surface area contributed by atoms with Gasteiger partial charge in [0, 0.05) is 18.4 Å². The molecule has 0 radical (unpaired) electrons. The average Bonchev–Trinajstić information content (AvgIpc) is 2.45. The summed E-state index contributed by atoms with van der Waals surface area (Å²) in [6, 6.07) is 3.45. The number of carbonyl (C=O) groups excluding carboxylic acids is 1. The highest BCUT2D eigenvalue weighted by atomic mass is 16.5. The van der Waals surface area contributed by atoms with Crippen molar-refractivity contribution in [3.63, 3.8) is 0 Å². The molecule has 0 amide bonds. The molecule has 0 aliphatic heterocycles. The third-order valence-corrected chi connectivity index (χ3v) is 2.93. The Morgan fingerprint density at radius 3 is 2.85 bits per heavy atom. The van der Waals surface area contributed by atoms with Crippen molar-refractivity contribution in [3.8, 4) is 0 Å². The number of carbonyl (C=O) groups is 1. The summed E-state index contributed by atoms with van der Waals surface area (Å²) >= 11 is 0. The van der Waals surface area contributed by atoms with Gasteiger partial charge in [-0.2, -0.15) is 0 Å². The first-order valence-corrected chi connectivity index (χ1v) is 6.41. The fourth-order valence-corrected chi connectivity index (χ4v) is 1.94. The molecule has 2 aromatic rings. The maximum Gasteiger partial charge on any atom is 0.348 e. The number of rotatable bonds is 3. The number of hydrogen-bond acceptors (Lipinski definition) is 4. The van der Waals surface area contributed by atoms with E-state index in [2.05, 4.69) is 4.98 Å². The molecule has 0 bridgehead atoms. The summed E-state index contributed by atoms with van der Waals surface area (Å²) in [5.74, 6) is -0.655. The Kier molecular flexibility index (Phi) is 3.98. The number of pyridine rings is 2. The maximum atomic E-state index is 12.3. The van der Waals surface area contributed by atoms with Gasteiger partial charge in [0.1, 0.15) is 11.2 Å². The molecule has 0 atom stereocenters. The van der Waals surface area contributed by atoms with E-state index in [1.54, 1.807) is 29.7 Å². The molecule has 5 heteroatoms. The van der Waals surface area contributed by atoms with Crippen LogP contribution in [0, 0.1) is 6.92 Å². The number of hydrogen-bond donors (Lipinski definition) is 0. The maximum absolute atomic E-state index is 12.3. The number of aryl methyl sites for hydroxylation is 2. The second-order valence-corrected chi connectivity index (χ2v) is 4.36. The van der Waals surface area contributed by atoms with Gasteiger partial charge >= 0.3 is 5.97 Å². The highest BCUT2D eigenvalue weighted by Crippen LogP contribution is 2.11. The number of ether oxygens (including phenoxy) is 1. The van der Waals surface area contributed by atoms with Gasteiger partial charge in [0.25, 0.3) is 0 Å². The Labute approximate surface area is 116 Å². The lowest BCUT2D eigenvalue weighted by molar-refractivity contribution is 0.0660. The molecule has 104 valence electrons. The van der Waals surface area contributed by atoms with Crippen molar-refractivity contribution < 1.29 is 9.53 Å².